The molecule has 0 aliphatic heterocycles. The van der Waals surface area contributed by atoms with Gasteiger partial charge in [0.25, 0.3) is 0 Å². The average molecular weight is 255 g/mol. The summed E-state index contributed by atoms with van der Waals surface area (Å²) >= 11 is 0. The Hall–Kier alpha value is -0.0800. The molecule has 0 heterocycles. The topological polar surface area (TPSA) is 32.3 Å². The molecule has 0 aromatic heterocycles. The predicted molar refractivity (Wildman–Crippen MR) is 78.7 cm³/mol. The maximum absolute atomic E-state index is 10.3. The van der Waals surface area contributed by atoms with E-state index in [4.69, 9.17) is 0 Å². The summed E-state index contributed by atoms with van der Waals surface area (Å²) in [6.07, 6.45) is 7.33. The van der Waals surface area contributed by atoms with Crippen LogP contribution >= 0.6 is 0 Å². The fraction of sp³-hybridized carbons (Fsp3) is 1.00. The summed E-state index contributed by atoms with van der Waals surface area (Å²) in [6, 6.07) is 0. The van der Waals surface area contributed by atoms with Gasteiger partial charge in [-0.2, -0.15) is 0 Å². The Bertz CT molecular complexity index is 236. The van der Waals surface area contributed by atoms with Crippen LogP contribution in [0.2, 0.25) is 0 Å². The summed E-state index contributed by atoms with van der Waals surface area (Å²) in [4.78, 5) is 0. The molecular formula is C16H33NO. The van der Waals surface area contributed by atoms with E-state index in [1.165, 1.54) is 32.1 Å². The Labute approximate surface area is 114 Å². The van der Waals surface area contributed by atoms with Gasteiger partial charge in [-0.15, -0.1) is 0 Å². The van der Waals surface area contributed by atoms with Crippen LogP contribution in [0.15, 0.2) is 0 Å². The molecule has 1 saturated carbocycles. The Morgan fingerprint density at radius 2 is 1.61 bits per heavy atom. The molecule has 0 saturated heterocycles. The summed E-state index contributed by atoms with van der Waals surface area (Å²) in [6.45, 7) is 12.0. The highest BCUT2D eigenvalue weighted by Crippen LogP contribution is 2.28. The molecule has 2 N–H and O–H groups in total. The zero-order valence-corrected chi connectivity index (χ0v) is 13.1. The largest absolute Gasteiger partial charge is 0.392 e. The Kier molecular flexibility index (Phi) is 5.67. The third-order valence-electron chi connectivity index (χ3n) is 3.96. The van der Waals surface area contributed by atoms with Gasteiger partial charge in [-0.3, -0.25) is 0 Å². The highest BCUT2D eigenvalue weighted by Gasteiger charge is 2.27. The molecule has 18 heavy (non-hydrogen) atoms. The van der Waals surface area contributed by atoms with Crippen molar-refractivity contribution < 1.29 is 5.11 Å². The molecule has 1 fully saturated rings. The second-order valence-corrected chi connectivity index (χ2v) is 7.97. The Morgan fingerprint density at radius 3 is 2.11 bits per heavy atom. The summed E-state index contributed by atoms with van der Waals surface area (Å²) in [5.74, 6) is 0.525. The monoisotopic (exact) mass is 255 g/mol. The fourth-order valence-electron chi connectivity index (χ4n) is 3.45. The summed E-state index contributed by atoms with van der Waals surface area (Å²) in [5, 5.41) is 13.8. The standard InChI is InChI=1S/C16H33NO/c1-15(2,3)12-16(4,5)17-11-14(18)13-9-7-6-8-10-13/h13-14,17-18H,6-12H2,1-5H3. The van der Waals surface area contributed by atoms with E-state index in [0.29, 0.717) is 11.3 Å². The Balaban J connectivity index is 2.34. The van der Waals surface area contributed by atoms with Gasteiger partial charge in [0, 0.05) is 12.1 Å². The van der Waals surface area contributed by atoms with Gasteiger partial charge in [0.2, 0.25) is 0 Å². The zero-order chi connectivity index (χ0) is 13.8. The first kappa shape index (κ1) is 16.0. The molecule has 1 unspecified atom stereocenters. The highest BCUT2D eigenvalue weighted by molar-refractivity contribution is 4.85. The number of aliphatic hydroxyl groups is 1. The summed E-state index contributed by atoms with van der Waals surface area (Å²) in [5.41, 5.74) is 0.431. The lowest BCUT2D eigenvalue weighted by Gasteiger charge is -2.35. The molecule has 1 aliphatic carbocycles. The molecular weight excluding hydrogens is 222 g/mol. The van der Waals surface area contributed by atoms with E-state index in [1.807, 2.05) is 0 Å². The van der Waals surface area contributed by atoms with Crippen molar-refractivity contribution in [2.45, 2.75) is 84.8 Å². The second-order valence-electron chi connectivity index (χ2n) is 7.97. The lowest BCUT2D eigenvalue weighted by molar-refractivity contribution is 0.0734. The molecule has 0 bridgehead atoms. The van der Waals surface area contributed by atoms with Crippen molar-refractivity contribution in [3.63, 3.8) is 0 Å². The van der Waals surface area contributed by atoms with Crippen molar-refractivity contribution in [2.24, 2.45) is 11.3 Å². The number of hydrogen-bond donors (Lipinski definition) is 2. The molecule has 2 nitrogen and oxygen atoms in total. The van der Waals surface area contributed by atoms with Gasteiger partial charge in [-0.25, -0.2) is 0 Å². The molecule has 1 atom stereocenters. The van der Waals surface area contributed by atoms with Crippen LogP contribution in [0.1, 0.15) is 73.1 Å². The van der Waals surface area contributed by atoms with Gasteiger partial charge in [0.15, 0.2) is 0 Å². The molecule has 0 radical (unpaired) electrons. The van der Waals surface area contributed by atoms with Crippen molar-refractivity contribution in [3.05, 3.63) is 0 Å². The van der Waals surface area contributed by atoms with Gasteiger partial charge in [-0.1, -0.05) is 40.0 Å². The van der Waals surface area contributed by atoms with Crippen molar-refractivity contribution in [1.29, 1.82) is 0 Å². The van der Waals surface area contributed by atoms with Crippen molar-refractivity contribution >= 4 is 0 Å². The van der Waals surface area contributed by atoms with Gasteiger partial charge < -0.3 is 10.4 Å². The third kappa shape index (κ3) is 6.19. The van der Waals surface area contributed by atoms with E-state index in [0.717, 1.165) is 13.0 Å². The van der Waals surface area contributed by atoms with E-state index in [-0.39, 0.29) is 11.6 Å². The van der Waals surface area contributed by atoms with Crippen LogP contribution in [-0.4, -0.2) is 23.3 Å². The molecule has 0 aromatic carbocycles. The van der Waals surface area contributed by atoms with E-state index in [1.54, 1.807) is 0 Å². The highest BCUT2D eigenvalue weighted by atomic mass is 16.3. The van der Waals surface area contributed by atoms with Gasteiger partial charge >= 0.3 is 0 Å². The molecule has 0 aromatic rings. The van der Waals surface area contributed by atoms with Crippen LogP contribution in [0.4, 0.5) is 0 Å². The van der Waals surface area contributed by atoms with Crippen molar-refractivity contribution in [2.75, 3.05) is 6.54 Å². The van der Waals surface area contributed by atoms with Crippen LogP contribution in [0, 0.1) is 11.3 Å². The Morgan fingerprint density at radius 1 is 1.06 bits per heavy atom. The van der Waals surface area contributed by atoms with Gasteiger partial charge in [-0.05, 0) is 44.4 Å². The van der Waals surface area contributed by atoms with E-state index in [2.05, 4.69) is 39.9 Å². The molecule has 0 amide bonds. The lowest BCUT2D eigenvalue weighted by atomic mass is 9.81. The molecule has 1 aliphatic rings. The quantitative estimate of drug-likeness (QED) is 0.784. The molecule has 108 valence electrons. The summed E-state index contributed by atoms with van der Waals surface area (Å²) in [7, 11) is 0. The minimum absolute atomic E-state index is 0.105. The average Bonchev–Trinajstić information content (AvgIpc) is 2.24. The summed E-state index contributed by atoms with van der Waals surface area (Å²) < 4.78 is 0. The van der Waals surface area contributed by atoms with Gasteiger partial charge in [0.05, 0.1) is 6.10 Å². The number of β-amino-alcohol motifs (C(OH)–C–C–N with tert-alkyl or cyclic N) is 1. The number of nitrogens with one attached hydrogen (secondary N) is 1. The van der Waals surface area contributed by atoms with E-state index in [9.17, 15) is 5.11 Å². The van der Waals surface area contributed by atoms with Crippen LogP contribution in [0.5, 0.6) is 0 Å². The normalized spacial score (nSPS) is 21.0. The first-order valence-corrected chi connectivity index (χ1v) is 7.63. The minimum atomic E-state index is -0.162. The zero-order valence-electron chi connectivity index (χ0n) is 13.1. The SMILES string of the molecule is CC(C)(C)CC(C)(C)NCC(O)C1CCCCC1. The van der Waals surface area contributed by atoms with Crippen molar-refractivity contribution in [1.82, 2.24) is 5.32 Å². The van der Waals surface area contributed by atoms with Crippen LogP contribution < -0.4 is 5.32 Å². The third-order valence-corrected chi connectivity index (χ3v) is 3.96. The first-order valence-electron chi connectivity index (χ1n) is 7.63. The number of hydrogen-bond acceptors (Lipinski definition) is 2. The molecule has 0 spiro atoms. The molecule has 2 heteroatoms. The minimum Gasteiger partial charge on any atom is -0.392 e. The van der Waals surface area contributed by atoms with Crippen molar-refractivity contribution in [3.8, 4) is 0 Å². The maximum Gasteiger partial charge on any atom is 0.0692 e. The smallest absolute Gasteiger partial charge is 0.0692 e. The lowest BCUT2D eigenvalue weighted by Crippen LogP contribution is -2.47. The predicted octanol–water partition coefficient (Wildman–Crippen LogP) is 3.73. The van der Waals surface area contributed by atoms with E-state index >= 15 is 0 Å². The first-order chi connectivity index (χ1) is 8.20. The van der Waals surface area contributed by atoms with Gasteiger partial charge in [0.1, 0.15) is 0 Å². The second kappa shape index (κ2) is 6.38. The molecule has 1 rings (SSSR count). The maximum atomic E-state index is 10.3. The fourth-order valence-corrected chi connectivity index (χ4v) is 3.45. The van der Waals surface area contributed by atoms with Crippen LogP contribution in [-0.2, 0) is 0 Å². The number of aliphatic hydroxyl groups excluding tert-OH is 1. The number of rotatable bonds is 5. The van der Waals surface area contributed by atoms with Crippen LogP contribution in [0.3, 0.4) is 0 Å². The van der Waals surface area contributed by atoms with E-state index < -0.39 is 0 Å². The van der Waals surface area contributed by atoms with Crippen LogP contribution in [0.25, 0.3) is 0 Å².